The summed E-state index contributed by atoms with van der Waals surface area (Å²) in [5, 5.41) is 0. The molecule has 0 saturated carbocycles. The molecule has 0 heterocycles. The molecule has 2 rings (SSSR count). The molecular formula is C20H18O14P2Zn+2. The summed E-state index contributed by atoms with van der Waals surface area (Å²) in [5.41, 5.74) is -0.0843. The third-order valence-corrected chi connectivity index (χ3v) is 4.58. The molecule has 0 saturated heterocycles. The van der Waals surface area contributed by atoms with Crippen molar-refractivity contribution in [3.63, 3.8) is 0 Å². The summed E-state index contributed by atoms with van der Waals surface area (Å²) in [6, 6.07) is 6.99. The molecular weight excluding hydrogens is 592 g/mol. The number of esters is 4. The molecule has 0 aliphatic heterocycles. The maximum atomic E-state index is 11.3. The fourth-order valence-electron chi connectivity index (χ4n) is 2.42. The topological polar surface area (TPSA) is 204 Å². The summed E-state index contributed by atoms with van der Waals surface area (Å²) in [6.45, 7) is 0. The van der Waals surface area contributed by atoms with Gasteiger partial charge in [0.15, 0.2) is 11.5 Å². The fourth-order valence-corrected chi connectivity index (χ4v) is 2.97. The molecule has 0 fully saturated rings. The van der Waals surface area contributed by atoms with Gasteiger partial charge in [0.2, 0.25) is 0 Å². The molecule has 0 spiro atoms. The summed E-state index contributed by atoms with van der Waals surface area (Å²) < 4.78 is 47.6. The van der Waals surface area contributed by atoms with E-state index in [2.05, 4.69) is 28.0 Å². The Bertz CT molecular complexity index is 1020. The van der Waals surface area contributed by atoms with E-state index in [1.54, 1.807) is 0 Å². The Balaban J connectivity index is 0.000000682. The second-order valence-corrected chi connectivity index (χ2v) is 7.35. The second-order valence-electron chi connectivity index (χ2n) is 6.09. The van der Waals surface area contributed by atoms with Crippen LogP contribution in [0.4, 0.5) is 0 Å². The van der Waals surface area contributed by atoms with Gasteiger partial charge in [0.1, 0.15) is 0 Å². The van der Waals surface area contributed by atoms with Crippen LogP contribution in [0.15, 0.2) is 36.4 Å². The number of hydrogen-bond acceptors (Lipinski definition) is 14. The van der Waals surface area contributed by atoms with Crippen molar-refractivity contribution in [1.29, 1.82) is 0 Å². The molecule has 0 aliphatic rings. The SMILES string of the molecule is COC(=O)c1cc(O[P+](=O)[O-])cc(C(=O)OC)c1.COC(=O)c1cc(O[P+](=O)[O-])cc(C(=O)OC)c1.[Zn+2]. The third kappa shape index (κ3) is 11.1. The van der Waals surface area contributed by atoms with Crippen LogP contribution in [0.25, 0.3) is 0 Å². The number of carbonyl (C=O) groups excluding carboxylic acids is 4. The van der Waals surface area contributed by atoms with Crippen LogP contribution in [0.3, 0.4) is 0 Å². The second kappa shape index (κ2) is 16.4. The number of benzene rings is 2. The molecule has 14 nitrogen and oxygen atoms in total. The molecule has 0 aliphatic carbocycles. The van der Waals surface area contributed by atoms with Crippen LogP contribution in [-0.4, -0.2) is 52.3 Å². The van der Waals surface area contributed by atoms with Crippen molar-refractivity contribution in [3.8, 4) is 11.5 Å². The molecule has 0 aromatic heterocycles. The van der Waals surface area contributed by atoms with Crippen LogP contribution < -0.4 is 18.8 Å². The normalized spacial score (nSPS) is 10.2. The summed E-state index contributed by atoms with van der Waals surface area (Å²) in [7, 11) is -1.69. The predicted octanol–water partition coefficient (Wildman–Crippen LogP) is 1.31. The summed E-state index contributed by atoms with van der Waals surface area (Å²) in [5.74, 6) is -3.26. The van der Waals surface area contributed by atoms with Gasteiger partial charge in [-0.25, -0.2) is 19.2 Å². The van der Waals surface area contributed by atoms with Crippen LogP contribution in [-0.2, 0) is 47.6 Å². The van der Waals surface area contributed by atoms with Crippen molar-refractivity contribution < 1.29 is 85.6 Å². The first-order valence-corrected chi connectivity index (χ1v) is 11.4. The van der Waals surface area contributed by atoms with Gasteiger partial charge < -0.3 is 28.7 Å². The minimum Gasteiger partial charge on any atom is -0.558 e. The minimum atomic E-state index is -3.15. The van der Waals surface area contributed by atoms with E-state index in [0.717, 1.165) is 52.7 Å². The van der Waals surface area contributed by atoms with E-state index in [4.69, 9.17) is 0 Å². The van der Waals surface area contributed by atoms with Crippen molar-refractivity contribution in [1.82, 2.24) is 0 Å². The van der Waals surface area contributed by atoms with E-state index in [9.17, 15) is 38.1 Å². The number of rotatable bonds is 8. The van der Waals surface area contributed by atoms with Gasteiger partial charge >= 0.3 is 59.9 Å². The van der Waals surface area contributed by atoms with Gasteiger partial charge in [0.05, 0.1) is 50.7 Å². The summed E-state index contributed by atoms with van der Waals surface area (Å²) in [4.78, 5) is 66.2. The molecule has 192 valence electrons. The number of methoxy groups -OCH3 is 4. The first-order chi connectivity index (χ1) is 16.9. The van der Waals surface area contributed by atoms with Gasteiger partial charge in [-0.3, -0.25) is 9.05 Å². The van der Waals surface area contributed by atoms with E-state index in [1.807, 2.05) is 0 Å². The number of ether oxygens (including phenoxy) is 4. The molecule has 2 atom stereocenters. The Hall–Kier alpha value is -3.34. The zero-order valence-electron chi connectivity index (χ0n) is 19.8. The number of carbonyl (C=O) groups is 4. The van der Waals surface area contributed by atoms with Crippen LogP contribution in [0.2, 0.25) is 0 Å². The van der Waals surface area contributed by atoms with Crippen molar-refractivity contribution in [2.75, 3.05) is 28.4 Å². The van der Waals surface area contributed by atoms with Crippen molar-refractivity contribution >= 4 is 40.4 Å². The average molecular weight is 610 g/mol. The van der Waals surface area contributed by atoms with E-state index >= 15 is 0 Å². The van der Waals surface area contributed by atoms with Gasteiger partial charge in [-0.15, -0.1) is 0 Å². The summed E-state index contributed by atoms with van der Waals surface area (Å²) in [6.07, 6.45) is 0. The maximum Gasteiger partial charge on any atom is 2.00 e. The Kier molecular flexibility index (Phi) is 14.9. The molecule has 0 bridgehead atoms. The smallest absolute Gasteiger partial charge is 0.558 e. The molecule has 0 amide bonds. The van der Waals surface area contributed by atoms with Crippen LogP contribution in [0, 0.1) is 0 Å². The molecule has 2 aromatic carbocycles. The van der Waals surface area contributed by atoms with E-state index in [1.165, 1.54) is 12.1 Å². The van der Waals surface area contributed by atoms with Gasteiger partial charge in [0.25, 0.3) is 0 Å². The molecule has 17 heteroatoms. The Labute approximate surface area is 224 Å². The van der Waals surface area contributed by atoms with E-state index < -0.39 is 40.4 Å². The molecule has 0 radical (unpaired) electrons. The zero-order chi connectivity index (χ0) is 27.4. The molecule has 2 aromatic rings. The van der Waals surface area contributed by atoms with Crippen molar-refractivity contribution in [2.24, 2.45) is 0 Å². The number of hydrogen-bond donors (Lipinski definition) is 0. The molecule has 0 N–H and O–H groups in total. The Morgan fingerprint density at radius 1 is 0.541 bits per heavy atom. The predicted molar refractivity (Wildman–Crippen MR) is 115 cm³/mol. The largest absolute Gasteiger partial charge is 2.00 e. The first kappa shape index (κ1) is 33.7. The van der Waals surface area contributed by atoms with Gasteiger partial charge in [-0.05, 0) is 21.3 Å². The van der Waals surface area contributed by atoms with Gasteiger partial charge in [-0.1, -0.05) is 0 Å². The first-order valence-electron chi connectivity index (χ1n) is 9.23. The quantitative estimate of drug-likeness (QED) is 0.179. The molecule has 37 heavy (non-hydrogen) atoms. The van der Waals surface area contributed by atoms with Crippen LogP contribution >= 0.6 is 16.5 Å². The molecule has 2 unspecified atom stereocenters. The van der Waals surface area contributed by atoms with Gasteiger partial charge in [0, 0.05) is 24.3 Å². The zero-order valence-corrected chi connectivity index (χ0v) is 24.5. The van der Waals surface area contributed by atoms with Crippen LogP contribution in [0.1, 0.15) is 41.4 Å². The van der Waals surface area contributed by atoms with Gasteiger partial charge in [-0.2, -0.15) is 0 Å². The van der Waals surface area contributed by atoms with Crippen LogP contribution in [0.5, 0.6) is 11.5 Å². The Morgan fingerprint density at radius 2 is 0.757 bits per heavy atom. The third-order valence-electron chi connectivity index (χ3n) is 3.86. The van der Waals surface area contributed by atoms with Crippen molar-refractivity contribution in [2.45, 2.75) is 0 Å². The standard InChI is InChI=1S/2C10H9O7P.Zn/c2*1-15-9(11)6-3-7(10(12)16-2)5-8(4-6)17-18(13)14;/h2*3-5H,1-2H3;/q;;+2. The van der Waals surface area contributed by atoms with E-state index in [-0.39, 0.29) is 53.2 Å². The maximum absolute atomic E-state index is 11.3. The average Bonchev–Trinajstić information content (AvgIpc) is 2.85. The monoisotopic (exact) mass is 608 g/mol. The Morgan fingerprint density at radius 3 is 0.919 bits per heavy atom. The van der Waals surface area contributed by atoms with Crippen molar-refractivity contribution in [3.05, 3.63) is 58.7 Å². The fraction of sp³-hybridized carbons (Fsp3) is 0.200. The van der Waals surface area contributed by atoms with E-state index in [0.29, 0.717) is 0 Å². The minimum absolute atomic E-state index is 0. The summed E-state index contributed by atoms with van der Waals surface area (Å²) >= 11 is 0.